The maximum Gasteiger partial charge on any atom is 0.237 e. The number of methoxy groups -OCH3 is 1. The molecule has 1 rings (SSSR count). The molecule has 0 aromatic rings. The molecular formula is C14H28N4O2S. The normalized spacial score (nSPS) is 19.2. The molecule has 21 heavy (non-hydrogen) atoms. The maximum absolute atomic E-state index is 12.0. The largest absolute Gasteiger partial charge is 0.392 e. The van der Waals surface area contributed by atoms with Gasteiger partial charge >= 0.3 is 0 Å². The first-order chi connectivity index (χ1) is 9.80. The Kier molecular flexibility index (Phi) is 6.99. The first-order valence-electron chi connectivity index (χ1n) is 7.36. The summed E-state index contributed by atoms with van der Waals surface area (Å²) in [6.45, 7) is 10.5. The Morgan fingerprint density at radius 3 is 2.43 bits per heavy atom. The summed E-state index contributed by atoms with van der Waals surface area (Å²) in [5.41, 5.74) is 5.54. The van der Waals surface area contributed by atoms with E-state index >= 15 is 0 Å². The van der Waals surface area contributed by atoms with Crippen molar-refractivity contribution in [3.05, 3.63) is 0 Å². The van der Waals surface area contributed by atoms with Crippen LogP contribution in [0.5, 0.6) is 0 Å². The second-order valence-corrected chi connectivity index (χ2v) is 6.35. The zero-order valence-electron chi connectivity index (χ0n) is 13.5. The molecule has 1 heterocycles. The average Bonchev–Trinajstić information content (AvgIpc) is 2.46. The molecule has 1 unspecified atom stereocenters. The summed E-state index contributed by atoms with van der Waals surface area (Å²) in [6.07, 6.45) is 0. The van der Waals surface area contributed by atoms with E-state index in [0.717, 1.165) is 26.2 Å². The Morgan fingerprint density at radius 2 is 1.95 bits per heavy atom. The van der Waals surface area contributed by atoms with Gasteiger partial charge in [-0.25, -0.2) is 0 Å². The fourth-order valence-corrected chi connectivity index (χ4v) is 2.54. The highest BCUT2D eigenvalue weighted by Crippen LogP contribution is 2.18. The molecule has 0 spiro atoms. The standard InChI is InChI=1S/C14H28N4O2S/c1-11(12(19)16-5-10-20-4)17-6-8-18(9-7-17)14(2,3)13(15)21/h11H,5-10H2,1-4H3,(H2,15,21)(H,16,19). The lowest BCUT2D eigenvalue weighted by Gasteiger charge is -2.44. The third-order valence-electron chi connectivity index (χ3n) is 4.24. The Morgan fingerprint density at radius 1 is 1.38 bits per heavy atom. The van der Waals surface area contributed by atoms with Gasteiger partial charge in [0.25, 0.3) is 0 Å². The van der Waals surface area contributed by atoms with E-state index in [0.29, 0.717) is 18.1 Å². The van der Waals surface area contributed by atoms with Crippen LogP contribution in [0.4, 0.5) is 0 Å². The highest BCUT2D eigenvalue weighted by Gasteiger charge is 2.34. The number of nitrogens with two attached hydrogens (primary N) is 1. The first kappa shape index (κ1) is 18.3. The lowest BCUT2D eigenvalue weighted by molar-refractivity contribution is -0.126. The summed E-state index contributed by atoms with van der Waals surface area (Å²) in [5.74, 6) is 0.0501. The molecule has 7 heteroatoms. The molecule has 1 aliphatic heterocycles. The van der Waals surface area contributed by atoms with Crippen LogP contribution < -0.4 is 11.1 Å². The van der Waals surface area contributed by atoms with Gasteiger partial charge in [-0.3, -0.25) is 14.6 Å². The molecule has 0 aliphatic carbocycles. The van der Waals surface area contributed by atoms with Crippen molar-refractivity contribution in [2.24, 2.45) is 5.73 Å². The maximum atomic E-state index is 12.0. The average molecular weight is 316 g/mol. The Labute approximate surface area is 133 Å². The smallest absolute Gasteiger partial charge is 0.237 e. The van der Waals surface area contributed by atoms with E-state index in [-0.39, 0.29) is 17.5 Å². The fourth-order valence-electron chi connectivity index (χ4n) is 2.41. The zero-order valence-corrected chi connectivity index (χ0v) is 14.3. The van der Waals surface area contributed by atoms with Gasteiger partial charge in [0, 0.05) is 39.8 Å². The molecule has 1 atom stereocenters. The monoisotopic (exact) mass is 316 g/mol. The summed E-state index contributed by atoms with van der Waals surface area (Å²) >= 11 is 5.14. The fraction of sp³-hybridized carbons (Fsp3) is 0.857. The van der Waals surface area contributed by atoms with Crippen LogP contribution in [0.2, 0.25) is 0 Å². The predicted octanol–water partition coefficient (Wildman–Crippen LogP) is -0.180. The Bertz CT molecular complexity index is 368. The number of rotatable bonds is 7. The van der Waals surface area contributed by atoms with Gasteiger partial charge in [0.1, 0.15) is 0 Å². The Balaban J connectivity index is 2.45. The highest BCUT2D eigenvalue weighted by molar-refractivity contribution is 7.80. The minimum atomic E-state index is -0.272. The number of thiocarbonyl (C=S) groups is 1. The van der Waals surface area contributed by atoms with Gasteiger partial charge in [0.15, 0.2) is 0 Å². The van der Waals surface area contributed by atoms with Gasteiger partial charge in [-0.2, -0.15) is 0 Å². The number of amides is 1. The van der Waals surface area contributed by atoms with Gasteiger partial charge in [-0.05, 0) is 20.8 Å². The van der Waals surface area contributed by atoms with E-state index < -0.39 is 0 Å². The van der Waals surface area contributed by atoms with Crippen molar-refractivity contribution < 1.29 is 9.53 Å². The SMILES string of the molecule is COCCNC(=O)C(C)N1CCN(C(C)(C)C(N)=S)CC1. The molecule has 0 bridgehead atoms. The molecule has 0 aromatic heterocycles. The summed E-state index contributed by atoms with van der Waals surface area (Å²) in [6, 6.07) is -0.128. The van der Waals surface area contributed by atoms with Crippen LogP contribution >= 0.6 is 12.2 Å². The van der Waals surface area contributed by atoms with Crippen LogP contribution in [-0.4, -0.2) is 78.7 Å². The molecular weight excluding hydrogens is 288 g/mol. The second-order valence-electron chi connectivity index (χ2n) is 5.91. The number of nitrogens with one attached hydrogen (secondary N) is 1. The number of piperazine rings is 1. The number of nitrogens with zero attached hydrogens (tertiary/aromatic N) is 2. The van der Waals surface area contributed by atoms with Gasteiger partial charge in [0.05, 0.1) is 23.2 Å². The molecule has 0 saturated carbocycles. The van der Waals surface area contributed by atoms with E-state index in [1.165, 1.54) is 0 Å². The van der Waals surface area contributed by atoms with Crippen LogP contribution in [-0.2, 0) is 9.53 Å². The molecule has 1 fully saturated rings. The molecule has 0 aromatic carbocycles. The number of hydrogen-bond donors (Lipinski definition) is 2. The van der Waals surface area contributed by atoms with E-state index in [9.17, 15) is 4.79 Å². The third-order valence-corrected chi connectivity index (χ3v) is 4.74. The lowest BCUT2D eigenvalue weighted by atomic mass is 10.0. The number of carbonyl (C=O) groups excluding carboxylic acids is 1. The van der Waals surface area contributed by atoms with E-state index in [4.69, 9.17) is 22.7 Å². The van der Waals surface area contributed by atoms with E-state index in [2.05, 4.69) is 15.1 Å². The minimum Gasteiger partial charge on any atom is -0.392 e. The molecule has 1 saturated heterocycles. The molecule has 122 valence electrons. The quantitative estimate of drug-likeness (QED) is 0.502. The van der Waals surface area contributed by atoms with Crippen molar-refractivity contribution >= 4 is 23.1 Å². The summed E-state index contributed by atoms with van der Waals surface area (Å²) in [4.78, 5) is 17.0. The molecule has 6 nitrogen and oxygen atoms in total. The van der Waals surface area contributed by atoms with Crippen LogP contribution in [0.3, 0.4) is 0 Å². The minimum absolute atomic E-state index is 0.0501. The number of hydrogen-bond acceptors (Lipinski definition) is 5. The van der Waals surface area contributed by atoms with Gasteiger partial charge in [-0.15, -0.1) is 0 Å². The van der Waals surface area contributed by atoms with Crippen molar-refractivity contribution in [3.8, 4) is 0 Å². The molecule has 1 aliphatic rings. The van der Waals surface area contributed by atoms with E-state index in [1.807, 2.05) is 20.8 Å². The summed E-state index contributed by atoms with van der Waals surface area (Å²) in [7, 11) is 1.62. The first-order valence-corrected chi connectivity index (χ1v) is 7.77. The summed E-state index contributed by atoms with van der Waals surface area (Å²) in [5, 5.41) is 2.88. The van der Waals surface area contributed by atoms with Crippen LogP contribution in [0.15, 0.2) is 0 Å². The zero-order chi connectivity index (χ0) is 16.0. The number of carbonyl (C=O) groups is 1. The van der Waals surface area contributed by atoms with Gasteiger partial charge in [0.2, 0.25) is 5.91 Å². The highest BCUT2D eigenvalue weighted by atomic mass is 32.1. The Hall–Kier alpha value is -0.760. The van der Waals surface area contributed by atoms with Crippen molar-refractivity contribution in [1.82, 2.24) is 15.1 Å². The van der Waals surface area contributed by atoms with Gasteiger partial charge < -0.3 is 15.8 Å². The molecule has 0 radical (unpaired) electrons. The molecule has 1 amide bonds. The number of ether oxygens (including phenoxy) is 1. The molecule has 3 N–H and O–H groups in total. The van der Waals surface area contributed by atoms with Crippen LogP contribution in [0.1, 0.15) is 20.8 Å². The van der Waals surface area contributed by atoms with Crippen LogP contribution in [0, 0.1) is 0 Å². The summed E-state index contributed by atoms with van der Waals surface area (Å²) < 4.78 is 4.93. The lowest BCUT2D eigenvalue weighted by Crippen LogP contribution is -2.61. The second kappa shape index (κ2) is 8.03. The van der Waals surface area contributed by atoms with Crippen molar-refractivity contribution in [3.63, 3.8) is 0 Å². The topological polar surface area (TPSA) is 70.8 Å². The predicted molar refractivity (Wildman–Crippen MR) is 88.4 cm³/mol. The van der Waals surface area contributed by atoms with E-state index in [1.54, 1.807) is 7.11 Å². The van der Waals surface area contributed by atoms with Crippen molar-refractivity contribution in [2.45, 2.75) is 32.4 Å². The van der Waals surface area contributed by atoms with Gasteiger partial charge in [-0.1, -0.05) is 12.2 Å². The van der Waals surface area contributed by atoms with Crippen molar-refractivity contribution in [2.75, 3.05) is 46.4 Å². The van der Waals surface area contributed by atoms with Crippen LogP contribution in [0.25, 0.3) is 0 Å². The third kappa shape index (κ3) is 4.88. The van der Waals surface area contributed by atoms with Crippen molar-refractivity contribution in [1.29, 1.82) is 0 Å².